The fourth-order valence-corrected chi connectivity index (χ4v) is 4.93. The number of rotatable bonds is 8. The van der Waals surface area contributed by atoms with Gasteiger partial charge in [-0.25, -0.2) is 21.6 Å². The molecule has 0 atom stereocenters. The minimum atomic E-state index is -3.74. The number of halogens is 2. The molecule has 0 aromatic heterocycles. The van der Waals surface area contributed by atoms with E-state index in [9.17, 15) is 16.8 Å². The molecule has 0 saturated heterocycles. The summed E-state index contributed by atoms with van der Waals surface area (Å²) in [6.45, 7) is 1.81. The van der Waals surface area contributed by atoms with Crippen LogP contribution in [0.25, 0.3) is 0 Å². The van der Waals surface area contributed by atoms with Gasteiger partial charge in [0.25, 0.3) is 0 Å². The Bertz CT molecular complexity index is 945. The van der Waals surface area contributed by atoms with Gasteiger partial charge in [0.15, 0.2) is 0 Å². The van der Waals surface area contributed by atoms with Crippen LogP contribution in [0.5, 0.6) is 0 Å². The van der Waals surface area contributed by atoms with Crippen LogP contribution in [0.4, 0.5) is 0 Å². The quantitative estimate of drug-likeness (QED) is 0.688. The van der Waals surface area contributed by atoms with Crippen LogP contribution in [0.3, 0.4) is 0 Å². The summed E-state index contributed by atoms with van der Waals surface area (Å²) >= 11 is 11.5. The highest BCUT2D eigenvalue weighted by molar-refractivity contribution is 7.89. The zero-order valence-electron chi connectivity index (χ0n) is 13.9. The maximum Gasteiger partial charge on any atom is 0.243 e. The molecule has 0 aliphatic heterocycles. The molecule has 0 aliphatic rings. The zero-order chi connectivity index (χ0) is 19.4. The molecule has 142 valence electrons. The van der Waals surface area contributed by atoms with E-state index < -0.39 is 20.0 Å². The second kappa shape index (κ2) is 8.69. The molecule has 10 heteroatoms. The number of benzene rings is 2. The summed E-state index contributed by atoms with van der Waals surface area (Å²) in [5.74, 6) is 0. The second-order valence-electron chi connectivity index (χ2n) is 5.30. The fourth-order valence-electron chi connectivity index (χ4n) is 2.21. The lowest BCUT2D eigenvalue weighted by Gasteiger charge is -2.20. The van der Waals surface area contributed by atoms with E-state index in [1.807, 2.05) is 0 Å². The van der Waals surface area contributed by atoms with Crippen molar-refractivity contribution in [2.24, 2.45) is 0 Å². The van der Waals surface area contributed by atoms with E-state index in [0.29, 0.717) is 10.0 Å². The molecular weight excluding hydrogens is 419 g/mol. The Morgan fingerprint density at radius 3 is 1.77 bits per heavy atom. The van der Waals surface area contributed by atoms with Crippen molar-refractivity contribution >= 4 is 43.2 Å². The first-order valence-corrected chi connectivity index (χ1v) is 11.4. The van der Waals surface area contributed by atoms with E-state index in [2.05, 4.69) is 4.72 Å². The Balaban J connectivity index is 2.06. The standard InChI is InChI=1S/C16H18Cl2N2O4S2/c1-2-20(26(23,24)16-9-5-14(18)6-10-16)12-11-19-25(21,22)15-7-3-13(17)4-8-15/h3-10,19H,2,11-12H2,1H3. The molecule has 1 N–H and O–H groups in total. The van der Waals surface area contributed by atoms with Crippen molar-refractivity contribution in [2.45, 2.75) is 16.7 Å². The summed E-state index contributed by atoms with van der Waals surface area (Å²) in [4.78, 5) is 0.162. The Hall–Kier alpha value is -1.16. The first-order chi connectivity index (χ1) is 12.2. The molecule has 0 aliphatic carbocycles. The summed E-state index contributed by atoms with van der Waals surface area (Å²) in [5, 5.41) is 0.859. The van der Waals surface area contributed by atoms with Gasteiger partial charge in [-0.1, -0.05) is 30.1 Å². The third-order valence-corrected chi connectivity index (χ3v) is 7.55. The van der Waals surface area contributed by atoms with Crippen LogP contribution >= 0.6 is 23.2 Å². The monoisotopic (exact) mass is 436 g/mol. The van der Waals surface area contributed by atoms with E-state index in [-0.39, 0.29) is 29.4 Å². The smallest absolute Gasteiger partial charge is 0.210 e. The Kier molecular flexibility index (Phi) is 7.06. The van der Waals surface area contributed by atoms with Gasteiger partial charge < -0.3 is 0 Å². The van der Waals surface area contributed by atoms with Gasteiger partial charge in [0.05, 0.1) is 9.79 Å². The van der Waals surface area contributed by atoms with Crippen LogP contribution in [0.2, 0.25) is 10.0 Å². The van der Waals surface area contributed by atoms with Crippen LogP contribution in [-0.2, 0) is 20.0 Å². The van der Waals surface area contributed by atoms with Gasteiger partial charge >= 0.3 is 0 Å². The topological polar surface area (TPSA) is 83.6 Å². The molecule has 0 bridgehead atoms. The molecular formula is C16H18Cl2N2O4S2. The Labute approximate surface area is 163 Å². The minimum absolute atomic E-state index is 0.00568. The second-order valence-corrected chi connectivity index (χ2v) is 9.88. The zero-order valence-corrected chi connectivity index (χ0v) is 17.0. The van der Waals surface area contributed by atoms with Gasteiger partial charge in [0.1, 0.15) is 0 Å². The lowest BCUT2D eigenvalue weighted by molar-refractivity contribution is 0.429. The molecule has 0 fully saturated rings. The maximum absolute atomic E-state index is 12.6. The molecule has 2 rings (SSSR count). The summed E-state index contributed by atoms with van der Waals surface area (Å²) in [5.41, 5.74) is 0. The summed E-state index contributed by atoms with van der Waals surface area (Å²) in [7, 11) is -7.48. The van der Waals surface area contributed by atoms with E-state index >= 15 is 0 Å². The van der Waals surface area contributed by atoms with Crippen molar-refractivity contribution in [2.75, 3.05) is 19.6 Å². The molecule has 0 unspecified atom stereocenters. The van der Waals surface area contributed by atoms with Crippen LogP contribution < -0.4 is 4.72 Å². The molecule has 6 nitrogen and oxygen atoms in total. The lowest BCUT2D eigenvalue weighted by Crippen LogP contribution is -2.38. The largest absolute Gasteiger partial charge is 0.243 e. The van der Waals surface area contributed by atoms with Crippen molar-refractivity contribution in [3.8, 4) is 0 Å². The van der Waals surface area contributed by atoms with Crippen LogP contribution in [0.1, 0.15) is 6.92 Å². The Morgan fingerprint density at radius 1 is 0.846 bits per heavy atom. The summed E-state index contributed by atoms with van der Waals surface area (Å²) < 4.78 is 53.3. The predicted octanol–water partition coefficient (Wildman–Crippen LogP) is 2.98. The first-order valence-electron chi connectivity index (χ1n) is 7.68. The molecule has 0 radical (unpaired) electrons. The van der Waals surface area contributed by atoms with Gasteiger partial charge in [0.2, 0.25) is 20.0 Å². The maximum atomic E-state index is 12.6. The van der Waals surface area contributed by atoms with Gasteiger partial charge in [-0.15, -0.1) is 0 Å². The highest BCUT2D eigenvalue weighted by Gasteiger charge is 2.23. The number of sulfonamides is 2. The van der Waals surface area contributed by atoms with E-state index in [1.54, 1.807) is 6.92 Å². The third-order valence-electron chi connectivity index (χ3n) is 3.58. The number of nitrogens with one attached hydrogen (secondary N) is 1. The van der Waals surface area contributed by atoms with E-state index in [4.69, 9.17) is 23.2 Å². The first kappa shape index (κ1) is 21.1. The fraction of sp³-hybridized carbons (Fsp3) is 0.250. The predicted molar refractivity (Wildman–Crippen MR) is 103 cm³/mol. The molecule has 0 amide bonds. The van der Waals surface area contributed by atoms with Crippen molar-refractivity contribution in [1.29, 1.82) is 0 Å². The van der Waals surface area contributed by atoms with Gasteiger partial charge in [-0.3, -0.25) is 0 Å². The van der Waals surface area contributed by atoms with Crippen LogP contribution in [0.15, 0.2) is 58.3 Å². The van der Waals surface area contributed by atoms with Gasteiger partial charge in [-0.05, 0) is 48.5 Å². The Morgan fingerprint density at radius 2 is 1.31 bits per heavy atom. The van der Waals surface area contributed by atoms with Crippen molar-refractivity contribution < 1.29 is 16.8 Å². The number of likely N-dealkylation sites (N-methyl/N-ethyl adjacent to an activating group) is 1. The van der Waals surface area contributed by atoms with Crippen molar-refractivity contribution in [3.63, 3.8) is 0 Å². The molecule has 2 aromatic rings. The van der Waals surface area contributed by atoms with Crippen LogP contribution in [-0.4, -0.2) is 40.8 Å². The molecule has 2 aromatic carbocycles. The summed E-state index contributed by atoms with van der Waals surface area (Å²) in [6, 6.07) is 11.5. The molecule has 0 saturated carbocycles. The van der Waals surface area contributed by atoms with E-state index in [0.717, 1.165) is 0 Å². The van der Waals surface area contributed by atoms with Crippen LogP contribution in [0, 0.1) is 0 Å². The number of nitrogens with zero attached hydrogens (tertiary/aromatic N) is 1. The van der Waals surface area contributed by atoms with E-state index in [1.165, 1.54) is 52.8 Å². The molecule has 26 heavy (non-hydrogen) atoms. The number of hydrogen-bond acceptors (Lipinski definition) is 4. The minimum Gasteiger partial charge on any atom is -0.210 e. The normalized spacial score (nSPS) is 12.5. The average molecular weight is 437 g/mol. The average Bonchev–Trinajstić information content (AvgIpc) is 2.59. The highest BCUT2D eigenvalue weighted by Crippen LogP contribution is 2.18. The van der Waals surface area contributed by atoms with Crippen molar-refractivity contribution in [1.82, 2.24) is 9.03 Å². The third kappa shape index (κ3) is 5.18. The lowest BCUT2D eigenvalue weighted by atomic mass is 10.4. The van der Waals surface area contributed by atoms with Crippen molar-refractivity contribution in [3.05, 3.63) is 58.6 Å². The highest BCUT2D eigenvalue weighted by atomic mass is 35.5. The van der Waals surface area contributed by atoms with Gasteiger partial charge in [0, 0.05) is 29.7 Å². The molecule has 0 heterocycles. The molecule has 0 spiro atoms. The van der Waals surface area contributed by atoms with Gasteiger partial charge in [-0.2, -0.15) is 4.31 Å². The number of hydrogen-bond donors (Lipinski definition) is 1. The summed E-state index contributed by atoms with van der Waals surface area (Å²) in [6.07, 6.45) is 0. The SMILES string of the molecule is CCN(CCNS(=O)(=O)c1ccc(Cl)cc1)S(=O)(=O)c1ccc(Cl)cc1.